The van der Waals surface area contributed by atoms with Gasteiger partial charge in [-0.15, -0.1) is 0 Å². The van der Waals surface area contributed by atoms with Crippen LogP contribution in [0.3, 0.4) is 0 Å². The van der Waals surface area contributed by atoms with E-state index in [4.69, 9.17) is 11.6 Å². The van der Waals surface area contributed by atoms with Crippen molar-refractivity contribution in [2.45, 2.75) is 68.7 Å². The molecule has 0 saturated heterocycles. The van der Waals surface area contributed by atoms with E-state index < -0.39 is 10.8 Å². The van der Waals surface area contributed by atoms with Crippen LogP contribution in [0.25, 0.3) is 10.6 Å². The van der Waals surface area contributed by atoms with Crippen LogP contribution >= 0.6 is 22.9 Å². The van der Waals surface area contributed by atoms with Crippen LogP contribution in [-0.2, 0) is 15.6 Å². The van der Waals surface area contributed by atoms with Gasteiger partial charge in [0, 0.05) is 53.7 Å². The second-order valence-corrected chi connectivity index (χ2v) is 7.41. The van der Waals surface area contributed by atoms with Crippen molar-refractivity contribution in [2.24, 2.45) is 0 Å². The van der Waals surface area contributed by atoms with E-state index in [-0.39, 0.29) is 12.3 Å². The highest BCUT2D eigenvalue weighted by Crippen LogP contribution is 2.37. The Kier molecular flexibility index (Phi) is 24.9. The van der Waals surface area contributed by atoms with Crippen molar-refractivity contribution < 1.29 is 9.00 Å². The predicted molar refractivity (Wildman–Crippen MR) is 137 cm³/mol. The summed E-state index contributed by atoms with van der Waals surface area (Å²) in [6.45, 7) is 18.4. The number of hydrogen-bond acceptors (Lipinski definition) is 5. The maximum absolute atomic E-state index is 12.3. The third-order valence-electron chi connectivity index (χ3n) is 2.94. The Bertz CT molecular complexity index is 680. The fraction of sp³-hybridized carbons (Fsp3) is 0.591. The predicted octanol–water partition coefficient (Wildman–Crippen LogP) is 7.08. The van der Waals surface area contributed by atoms with Crippen molar-refractivity contribution in [1.82, 2.24) is 9.97 Å². The molecule has 174 valence electrons. The minimum Gasteiger partial charge on any atom is -0.301 e. The zero-order valence-corrected chi connectivity index (χ0v) is 22.7. The molecule has 0 N–H and O–H groups in total. The third-order valence-corrected chi connectivity index (χ3v) is 5.23. The Hall–Kier alpha value is -1.31. The van der Waals surface area contributed by atoms with E-state index in [1.165, 1.54) is 11.3 Å². The number of rotatable bonds is 6. The summed E-state index contributed by atoms with van der Waals surface area (Å²) in [5.74, 6) is 0.252. The molecule has 0 aliphatic rings. The standard InChI is InChI=1S/C14H16ClN3O2S2.4C2H6/c1-3-18(11(19)6-8-22(2)20)14-12(15)17-13(21-14)10-5-4-7-16-9-10;4*1-2/h4-5,7,9H,3,6,8H2,1-2H3;4*1-2H3. The van der Waals surface area contributed by atoms with Gasteiger partial charge in [-0.05, 0) is 19.1 Å². The first-order valence-electron chi connectivity index (χ1n) is 10.7. The molecule has 30 heavy (non-hydrogen) atoms. The molecular formula is C22H40ClN3O2S2. The highest BCUT2D eigenvalue weighted by atomic mass is 35.5. The summed E-state index contributed by atoms with van der Waals surface area (Å²) in [6, 6.07) is 3.72. The van der Waals surface area contributed by atoms with Crippen molar-refractivity contribution in [1.29, 1.82) is 0 Å². The lowest BCUT2D eigenvalue weighted by Gasteiger charge is -2.18. The van der Waals surface area contributed by atoms with E-state index in [1.807, 2.05) is 74.4 Å². The molecule has 1 unspecified atom stereocenters. The zero-order valence-electron chi connectivity index (χ0n) is 20.3. The van der Waals surface area contributed by atoms with E-state index in [2.05, 4.69) is 9.97 Å². The normalized spacial score (nSPS) is 9.70. The van der Waals surface area contributed by atoms with Gasteiger partial charge in [-0.1, -0.05) is 78.3 Å². The van der Waals surface area contributed by atoms with Crippen LogP contribution in [0, 0.1) is 0 Å². The van der Waals surface area contributed by atoms with Gasteiger partial charge in [0.05, 0.1) is 0 Å². The molecule has 8 heteroatoms. The van der Waals surface area contributed by atoms with Crippen LogP contribution in [-0.4, -0.2) is 38.6 Å². The smallest absolute Gasteiger partial charge is 0.228 e. The Morgan fingerprint density at radius 3 is 2.13 bits per heavy atom. The van der Waals surface area contributed by atoms with Gasteiger partial charge in [-0.3, -0.25) is 14.0 Å². The van der Waals surface area contributed by atoms with Crippen molar-refractivity contribution >= 4 is 44.6 Å². The molecule has 0 radical (unpaired) electrons. The van der Waals surface area contributed by atoms with Gasteiger partial charge in [-0.25, -0.2) is 4.98 Å². The lowest BCUT2D eigenvalue weighted by molar-refractivity contribution is -0.118. The van der Waals surface area contributed by atoms with E-state index in [0.717, 1.165) is 10.6 Å². The molecular weight excluding hydrogens is 438 g/mol. The molecule has 0 fully saturated rings. The number of amides is 1. The van der Waals surface area contributed by atoms with Gasteiger partial charge >= 0.3 is 0 Å². The van der Waals surface area contributed by atoms with Crippen LogP contribution in [0.2, 0.25) is 5.15 Å². The topological polar surface area (TPSA) is 63.2 Å². The van der Waals surface area contributed by atoms with Gasteiger partial charge < -0.3 is 4.90 Å². The number of anilines is 1. The average molecular weight is 478 g/mol. The fourth-order valence-corrected chi connectivity index (χ4v) is 3.72. The Labute approximate surface area is 195 Å². The number of thiazole rings is 1. The van der Waals surface area contributed by atoms with Gasteiger partial charge in [0.15, 0.2) is 5.15 Å². The van der Waals surface area contributed by atoms with Gasteiger partial charge in [0.1, 0.15) is 10.0 Å². The Balaban J connectivity index is -0.000000815. The van der Waals surface area contributed by atoms with E-state index >= 15 is 0 Å². The number of halogens is 1. The maximum Gasteiger partial charge on any atom is 0.228 e. The first-order chi connectivity index (χ1) is 14.5. The summed E-state index contributed by atoms with van der Waals surface area (Å²) in [5, 5.41) is 1.64. The summed E-state index contributed by atoms with van der Waals surface area (Å²) in [5.41, 5.74) is 0.860. The Morgan fingerprint density at radius 2 is 1.70 bits per heavy atom. The largest absolute Gasteiger partial charge is 0.301 e. The van der Waals surface area contributed by atoms with Gasteiger partial charge in [0.25, 0.3) is 0 Å². The maximum atomic E-state index is 12.3. The lowest BCUT2D eigenvalue weighted by atomic mass is 10.3. The quantitative estimate of drug-likeness (QED) is 0.445. The summed E-state index contributed by atoms with van der Waals surface area (Å²) < 4.78 is 11.1. The third kappa shape index (κ3) is 12.4. The van der Waals surface area contributed by atoms with Crippen molar-refractivity contribution in [3.63, 3.8) is 0 Å². The fourth-order valence-electron chi connectivity index (χ4n) is 1.87. The number of nitrogens with zero attached hydrogens (tertiary/aromatic N) is 3. The molecule has 1 amide bonds. The molecule has 0 aliphatic carbocycles. The van der Waals surface area contributed by atoms with Crippen molar-refractivity contribution in [2.75, 3.05) is 23.5 Å². The molecule has 2 aromatic heterocycles. The highest BCUT2D eigenvalue weighted by molar-refractivity contribution is 7.84. The SMILES string of the molecule is CC.CC.CC.CC.CCN(C(=O)CCS(C)=O)c1sc(-c2cccnc2)nc1Cl. The number of aromatic nitrogens is 2. The van der Waals surface area contributed by atoms with Crippen molar-refractivity contribution in [3.8, 4) is 10.6 Å². The van der Waals surface area contributed by atoms with Gasteiger partial charge in [0.2, 0.25) is 5.91 Å². The molecule has 1 atom stereocenters. The molecule has 0 aliphatic heterocycles. The first kappa shape index (κ1) is 33.3. The molecule has 0 aromatic carbocycles. The molecule has 0 spiro atoms. The molecule has 0 saturated carbocycles. The number of pyridine rings is 1. The molecule has 2 heterocycles. The molecule has 5 nitrogen and oxygen atoms in total. The van der Waals surface area contributed by atoms with E-state index in [1.54, 1.807) is 23.5 Å². The summed E-state index contributed by atoms with van der Waals surface area (Å²) in [4.78, 5) is 22.2. The average Bonchev–Trinajstić information content (AvgIpc) is 3.20. The number of carbonyl (C=O) groups excluding carboxylic acids is 1. The second kappa shape index (κ2) is 22.4. The summed E-state index contributed by atoms with van der Waals surface area (Å²) in [7, 11) is -0.992. The zero-order chi connectivity index (χ0) is 24.1. The van der Waals surface area contributed by atoms with E-state index in [9.17, 15) is 9.00 Å². The van der Waals surface area contributed by atoms with Gasteiger partial charge in [-0.2, -0.15) is 0 Å². The van der Waals surface area contributed by atoms with Crippen LogP contribution in [0.15, 0.2) is 24.5 Å². The summed E-state index contributed by atoms with van der Waals surface area (Å²) >= 11 is 7.55. The number of carbonyl (C=O) groups is 1. The first-order valence-corrected chi connectivity index (χ1v) is 13.6. The van der Waals surface area contributed by atoms with Crippen LogP contribution in [0.4, 0.5) is 5.00 Å². The minimum atomic E-state index is -0.992. The number of hydrogen-bond donors (Lipinski definition) is 0. The monoisotopic (exact) mass is 477 g/mol. The second-order valence-electron chi connectivity index (χ2n) is 4.52. The van der Waals surface area contributed by atoms with Crippen LogP contribution in [0.5, 0.6) is 0 Å². The minimum absolute atomic E-state index is 0.0963. The van der Waals surface area contributed by atoms with Crippen LogP contribution in [0.1, 0.15) is 68.7 Å². The van der Waals surface area contributed by atoms with Crippen molar-refractivity contribution in [3.05, 3.63) is 29.7 Å². The molecule has 0 bridgehead atoms. The van der Waals surface area contributed by atoms with E-state index in [0.29, 0.717) is 22.5 Å². The summed E-state index contributed by atoms with van der Waals surface area (Å²) in [6.07, 6.45) is 5.21. The Morgan fingerprint density at radius 1 is 1.13 bits per heavy atom. The molecule has 2 aromatic rings. The highest BCUT2D eigenvalue weighted by Gasteiger charge is 2.21. The van der Waals surface area contributed by atoms with Crippen LogP contribution < -0.4 is 4.90 Å². The molecule has 2 rings (SSSR count). The lowest BCUT2D eigenvalue weighted by Crippen LogP contribution is -2.31.